The normalized spacial score (nSPS) is 14.8. The topological polar surface area (TPSA) is 145 Å². The van der Waals surface area contributed by atoms with Gasteiger partial charge in [-0.1, -0.05) is 66.7 Å². The second-order valence-corrected chi connectivity index (χ2v) is 9.58. The summed E-state index contributed by atoms with van der Waals surface area (Å²) in [6.07, 6.45) is 0.410. The van der Waals surface area contributed by atoms with Crippen LogP contribution in [0.1, 0.15) is 46.3 Å². The predicted molar refractivity (Wildman–Crippen MR) is 150 cm³/mol. The van der Waals surface area contributed by atoms with Gasteiger partial charge in [-0.2, -0.15) is 5.26 Å². The van der Waals surface area contributed by atoms with Gasteiger partial charge in [0, 0.05) is 31.4 Å². The number of carbonyl (C=O) groups excluding carboxylic acids is 4. The van der Waals surface area contributed by atoms with Gasteiger partial charge in [-0.15, -0.1) is 0 Å². The van der Waals surface area contributed by atoms with Crippen LogP contribution in [0.2, 0.25) is 0 Å². The molecule has 4 rings (SSSR count). The van der Waals surface area contributed by atoms with E-state index in [0.29, 0.717) is 16.8 Å². The molecule has 0 unspecified atom stereocenters. The van der Waals surface area contributed by atoms with Gasteiger partial charge in [0.2, 0.25) is 17.7 Å². The summed E-state index contributed by atoms with van der Waals surface area (Å²) in [4.78, 5) is 54.2. The van der Waals surface area contributed by atoms with E-state index in [1.165, 1.54) is 4.90 Å². The molecule has 3 aromatic rings. The highest BCUT2D eigenvalue weighted by molar-refractivity contribution is 6.00. The fraction of sp³-hybridized carbons (Fsp3) is 0.258. The van der Waals surface area contributed by atoms with E-state index in [1.54, 1.807) is 48.5 Å². The van der Waals surface area contributed by atoms with Gasteiger partial charge in [-0.05, 0) is 36.2 Å². The zero-order chi connectivity index (χ0) is 28.5. The molecular formula is C31H31N5O4. The third-order valence-electron chi connectivity index (χ3n) is 6.93. The van der Waals surface area contributed by atoms with Gasteiger partial charge in [-0.3, -0.25) is 19.2 Å². The van der Waals surface area contributed by atoms with Crippen LogP contribution in [0.15, 0.2) is 78.9 Å². The van der Waals surface area contributed by atoms with Crippen LogP contribution in [0.3, 0.4) is 0 Å². The minimum Gasteiger partial charge on any atom is -0.342 e. The third-order valence-corrected chi connectivity index (χ3v) is 6.93. The maximum absolute atomic E-state index is 13.6. The smallest absolute Gasteiger partial charge is 0.247 e. The van der Waals surface area contributed by atoms with E-state index in [4.69, 9.17) is 5.73 Å². The van der Waals surface area contributed by atoms with Gasteiger partial charge in [0.25, 0.3) is 0 Å². The molecule has 1 aliphatic heterocycles. The molecule has 0 saturated carbocycles. The molecule has 0 spiro atoms. The van der Waals surface area contributed by atoms with Gasteiger partial charge in [0.15, 0.2) is 5.78 Å². The Morgan fingerprint density at radius 2 is 1.60 bits per heavy atom. The number of Topliss-reactive ketones (excluding diaryl/α,β-unsaturated/α-hetero) is 1. The second-order valence-electron chi connectivity index (χ2n) is 9.58. The van der Waals surface area contributed by atoms with E-state index in [0.717, 1.165) is 11.1 Å². The van der Waals surface area contributed by atoms with Crippen LogP contribution >= 0.6 is 0 Å². The quantitative estimate of drug-likeness (QED) is 0.339. The van der Waals surface area contributed by atoms with Crippen LogP contribution in [0, 0.1) is 11.3 Å². The number of hydrogen-bond acceptors (Lipinski definition) is 6. The van der Waals surface area contributed by atoms with Crippen LogP contribution in [-0.4, -0.2) is 47.0 Å². The number of nitrogens with zero attached hydrogens (tertiary/aromatic N) is 2. The fourth-order valence-corrected chi connectivity index (χ4v) is 4.76. The van der Waals surface area contributed by atoms with Crippen LogP contribution in [-0.2, 0) is 27.3 Å². The molecule has 9 nitrogen and oxygen atoms in total. The maximum Gasteiger partial charge on any atom is 0.247 e. The van der Waals surface area contributed by atoms with Crippen molar-refractivity contribution in [2.45, 2.75) is 44.3 Å². The largest absolute Gasteiger partial charge is 0.342 e. The summed E-state index contributed by atoms with van der Waals surface area (Å²) in [6, 6.07) is 23.1. The van der Waals surface area contributed by atoms with Crippen molar-refractivity contribution in [2.75, 3.05) is 11.9 Å². The Morgan fingerprint density at radius 3 is 2.33 bits per heavy atom. The summed E-state index contributed by atoms with van der Waals surface area (Å²) in [5.74, 6) is -1.46. The van der Waals surface area contributed by atoms with Gasteiger partial charge in [0.1, 0.15) is 18.2 Å². The first-order valence-electron chi connectivity index (χ1n) is 13.2. The monoisotopic (exact) mass is 537 g/mol. The van der Waals surface area contributed by atoms with Gasteiger partial charge < -0.3 is 21.3 Å². The predicted octanol–water partition coefficient (Wildman–Crippen LogP) is 2.95. The Morgan fingerprint density at radius 1 is 0.925 bits per heavy atom. The molecule has 0 saturated heterocycles. The molecule has 0 aromatic heterocycles. The second kappa shape index (κ2) is 13.3. The third kappa shape index (κ3) is 6.79. The van der Waals surface area contributed by atoms with Crippen LogP contribution < -0.4 is 16.4 Å². The molecule has 40 heavy (non-hydrogen) atoms. The van der Waals surface area contributed by atoms with E-state index in [9.17, 15) is 24.4 Å². The first kappa shape index (κ1) is 28.2. The average Bonchev–Trinajstić information content (AvgIpc) is 2.99. The van der Waals surface area contributed by atoms with Crippen molar-refractivity contribution in [3.05, 3.63) is 101 Å². The number of benzene rings is 3. The molecule has 3 amide bonds. The van der Waals surface area contributed by atoms with Gasteiger partial charge >= 0.3 is 0 Å². The van der Waals surface area contributed by atoms with Crippen LogP contribution in [0.25, 0.3) is 0 Å². The number of nitrogens with one attached hydrogen (secondary N) is 2. The van der Waals surface area contributed by atoms with Gasteiger partial charge in [-0.25, -0.2) is 0 Å². The highest BCUT2D eigenvalue weighted by Crippen LogP contribution is 2.25. The lowest BCUT2D eigenvalue weighted by molar-refractivity contribution is -0.142. The van der Waals surface area contributed by atoms with E-state index in [2.05, 4.69) is 10.6 Å². The Labute approximate surface area is 233 Å². The molecule has 0 aliphatic carbocycles. The number of nitriles is 1. The molecule has 3 aromatic carbocycles. The molecule has 0 fully saturated rings. The summed E-state index contributed by atoms with van der Waals surface area (Å²) >= 11 is 0. The molecule has 204 valence electrons. The molecule has 9 heteroatoms. The highest BCUT2D eigenvalue weighted by Gasteiger charge is 2.36. The van der Waals surface area contributed by atoms with Crippen molar-refractivity contribution in [2.24, 2.45) is 5.73 Å². The Kier molecular flexibility index (Phi) is 9.39. The first-order valence-corrected chi connectivity index (χ1v) is 13.2. The molecule has 0 radical (unpaired) electrons. The zero-order valence-corrected chi connectivity index (χ0v) is 22.0. The first-order chi connectivity index (χ1) is 19.4. The molecule has 0 bridgehead atoms. The summed E-state index contributed by atoms with van der Waals surface area (Å²) in [7, 11) is 0. The standard InChI is InChI=1S/C31H31N5O4/c32-17-16-26(30(39)34-25-13-7-6-11-23(25)19-33)35-31(40)27-18-22-10-4-5-12-24(22)20-36(27)29(38)15-14-28(37)21-8-2-1-3-9-21/h1-13,26-27H,14-18,20,32H2,(H,34,39)(H,35,40)/t26-,27-/m0/s1. The number of para-hydroxylation sites is 1. The van der Waals surface area contributed by atoms with Gasteiger partial charge in [0.05, 0.1) is 11.3 Å². The van der Waals surface area contributed by atoms with Crippen molar-refractivity contribution in [1.82, 2.24) is 10.2 Å². The number of nitrogens with two attached hydrogens (primary N) is 1. The highest BCUT2D eigenvalue weighted by atomic mass is 16.2. The summed E-state index contributed by atoms with van der Waals surface area (Å²) in [6.45, 7) is 0.353. The molecular weight excluding hydrogens is 506 g/mol. The Balaban J connectivity index is 1.50. The van der Waals surface area contributed by atoms with Crippen LogP contribution in [0.5, 0.6) is 0 Å². The van der Waals surface area contributed by atoms with Crippen molar-refractivity contribution in [1.29, 1.82) is 5.26 Å². The maximum atomic E-state index is 13.6. The fourth-order valence-electron chi connectivity index (χ4n) is 4.76. The van der Waals surface area contributed by atoms with Crippen molar-refractivity contribution >= 4 is 29.2 Å². The number of hydrogen-bond donors (Lipinski definition) is 3. The van der Waals surface area contributed by atoms with Crippen molar-refractivity contribution in [3.63, 3.8) is 0 Å². The number of amides is 3. The average molecular weight is 538 g/mol. The zero-order valence-electron chi connectivity index (χ0n) is 22.0. The van der Waals surface area contributed by atoms with Crippen molar-refractivity contribution in [3.8, 4) is 6.07 Å². The van der Waals surface area contributed by atoms with E-state index in [1.807, 2.05) is 36.4 Å². The van der Waals surface area contributed by atoms with Crippen molar-refractivity contribution < 1.29 is 19.2 Å². The number of fused-ring (bicyclic) bond motifs is 1. The number of carbonyl (C=O) groups is 4. The Bertz CT molecular complexity index is 1430. The summed E-state index contributed by atoms with van der Waals surface area (Å²) < 4.78 is 0. The lowest BCUT2D eigenvalue weighted by atomic mass is 9.92. The SMILES string of the molecule is N#Cc1ccccc1NC(=O)[C@H](CCN)NC(=O)[C@@H]1Cc2ccccc2CN1C(=O)CCC(=O)c1ccccc1. The lowest BCUT2D eigenvalue weighted by Gasteiger charge is -2.36. The Hall–Kier alpha value is -4.81. The molecule has 1 aliphatic rings. The minimum atomic E-state index is -0.974. The molecule has 4 N–H and O–H groups in total. The number of rotatable bonds is 10. The summed E-state index contributed by atoms with van der Waals surface area (Å²) in [5, 5.41) is 14.8. The molecule has 1 heterocycles. The van der Waals surface area contributed by atoms with E-state index < -0.39 is 23.9 Å². The number of ketones is 1. The van der Waals surface area contributed by atoms with Crippen LogP contribution in [0.4, 0.5) is 5.69 Å². The molecule has 2 atom stereocenters. The van der Waals surface area contributed by atoms with E-state index in [-0.39, 0.29) is 50.5 Å². The lowest BCUT2D eigenvalue weighted by Crippen LogP contribution is -2.56. The number of anilines is 1. The minimum absolute atomic E-state index is 0.0197. The van der Waals surface area contributed by atoms with E-state index >= 15 is 0 Å². The summed E-state index contributed by atoms with van der Waals surface area (Å²) in [5.41, 5.74) is 8.77.